The molecule has 0 fully saturated rings. The maximum absolute atomic E-state index is 5.14. The van der Waals surface area contributed by atoms with Crippen molar-refractivity contribution in [3.8, 4) is 158 Å². The van der Waals surface area contributed by atoms with Gasteiger partial charge in [0.25, 0.3) is 0 Å². The molecule has 0 N–H and O–H groups in total. The molecule has 0 atom stereocenters. The highest BCUT2D eigenvalue weighted by atomic mass is 15.0. The van der Waals surface area contributed by atoms with Crippen molar-refractivity contribution in [1.29, 1.82) is 0 Å². The van der Waals surface area contributed by atoms with E-state index in [1.807, 2.05) is 146 Å². The van der Waals surface area contributed by atoms with E-state index in [4.69, 9.17) is 39.9 Å². The maximum Gasteiger partial charge on any atom is 0.164 e. The van der Waals surface area contributed by atoms with E-state index in [9.17, 15) is 0 Å². The Kier molecular flexibility index (Phi) is 17.7. The van der Waals surface area contributed by atoms with Crippen LogP contribution < -0.4 is 0 Å². The Morgan fingerprint density at radius 1 is 0.125 bits per heavy atom. The van der Waals surface area contributed by atoms with Gasteiger partial charge in [-0.05, 0) is 115 Å². The fourth-order valence-corrected chi connectivity index (χ4v) is 13.3. The highest BCUT2D eigenvalue weighted by molar-refractivity contribution is 6.01. The van der Waals surface area contributed by atoms with Crippen LogP contribution in [0.5, 0.6) is 0 Å². The molecule has 0 unspecified atom stereocenters. The largest absolute Gasteiger partial charge is 0.248 e. The highest BCUT2D eigenvalue weighted by Crippen LogP contribution is 2.40. The van der Waals surface area contributed by atoms with Crippen molar-refractivity contribution in [1.82, 2.24) is 39.9 Å². The minimum Gasteiger partial charge on any atom is -0.248 e. The lowest BCUT2D eigenvalue weighted by Gasteiger charge is -2.13. The normalized spacial score (nSPS) is 11.1. The number of fused-ring (bicyclic) bond motifs is 2. The molecule has 18 aromatic rings. The van der Waals surface area contributed by atoms with Crippen molar-refractivity contribution in [3.63, 3.8) is 0 Å². The molecule has 0 amide bonds. The summed E-state index contributed by atoms with van der Waals surface area (Å²) >= 11 is 0. The van der Waals surface area contributed by atoms with Gasteiger partial charge in [0.15, 0.2) is 34.9 Å². The minimum atomic E-state index is 0.637. The number of benzene rings is 14. The fourth-order valence-electron chi connectivity index (χ4n) is 13.3. The van der Waals surface area contributed by atoms with E-state index in [1.54, 1.807) is 0 Å². The standard InChI is InChI=1S/2C48H32N4/c1-5-15-35(16-6-1)44-31-41(32-45(49-44)36-17-7-2-8-18-36)34-27-25-33(26-28-34)40-29-39-23-13-14-24-42(39)43(30-40)48-51-46(37-19-9-3-10-20-37)50-47(52-48)38-21-11-4-12-22-38;1-5-15-33(16-6-1)41-31-44(35-17-7-2-8-18-35)49-45(32-41)36-27-25-34(26-28-36)40-29-39-23-13-14-24-42(39)43(30-40)48-51-46(37-19-9-3-10-20-37)50-47(52-48)38-21-11-4-12-22-38/h2*1-32H. The van der Waals surface area contributed by atoms with Crippen molar-refractivity contribution < 1.29 is 0 Å². The number of rotatable bonds is 14. The molecule has 0 spiro atoms. The highest BCUT2D eigenvalue weighted by Gasteiger charge is 2.20. The predicted molar refractivity (Wildman–Crippen MR) is 426 cm³/mol. The molecular weight excluding hydrogens is 1270 g/mol. The quantitative estimate of drug-likeness (QED) is 0.106. The summed E-state index contributed by atoms with van der Waals surface area (Å²) in [6, 6.07) is 134. The van der Waals surface area contributed by atoms with E-state index in [-0.39, 0.29) is 0 Å². The van der Waals surface area contributed by atoms with E-state index in [1.165, 1.54) is 0 Å². The summed E-state index contributed by atoms with van der Waals surface area (Å²) in [5.74, 6) is 3.85. The molecule has 18 rings (SSSR count). The van der Waals surface area contributed by atoms with Crippen LogP contribution in [0, 0.1) is 0 Å². The van der Waals surface area contributed by atoms with Gasteiger partial charge in [-0.1, -0.05) is 340 Å². The molecular formula is C96H64N8. The molecule has 0 bridgehead atoms. The fraction of sp³-hybridized carbons (Fsp3) is 0. The Hall–Kier alpha value is -14.1. The van der Waals surface area contributed by atoms with Crippen LogP contribution in [0.25, 0.3) is 179 Å². The summed E-state index contributed by atoms with van der Waals surface area (Å²) in [5, 5.41) is 4.41. The zero-order valence-corrected chi connectivity index (χ0v) is 56.5. The summed E-state index contributed by atoms with van der Waals surface area (Å²) in [6.07, 6.45) is 0. The van der Waals surface area contributed by atoms with Gasteiger partial charge >= 0.3 is 0 Å². The maximum atomic E-state index is 5.14. The number of aromatic nitrogens is 8. The third-order valence-electron chi connectivity index (χ3n) is 18.6. The zero-order valence-electron chi connectivity index (χ0n) is 56.5. The lowest BCUT2D eigenvalue weighted by molar-refractivity contribution is 1.08. The van der Waals surface area contributed by atoms with Crippen LogP contribution in [0.3, 0.4) is 0 Å². The van der Waals surface area contributed by atoms with Crippen LogP contribution in [0.4, 0.5) is 0 Å². The average Bonchev–Trinajstić information content (AvgIpc) is 0.790. The van der Waals surface area contributed by atoms with Crippen molar-refractivity contribution in [3.05, 3.63) is 388 Å². The lowest BCUT2D eigenvalue weighted by Crippen LogP contribution is -2.00. The SMILES string of the molecule is c1ccc(-c2cc(-c3ccc(-c4cc(-c5nc(-c6ccccc6)nc(-c6ccccc6)n5)c5ccccc5c4)cc3)cc(-c3ccccc3)n2)cc1.c1ccc(-c2cc(-c3ccccc3)nc(-c3ccc(-c4cc(-c5nc(-c6ccccc6)nc(-c6ccccc6)n5)c5ccccc5c4)cc3)c2)cc1. The van der Waals surface area contributed by atoms with Gasteiger partial charge in [0.05, 0.1) is 22.8 Å². The van der Waals surface area contributed by atoms with Gasteiger partial charge in [0.1, 0.15) is 0 Å². The minimum absolute atomic E-state index is 0.637. The second kappa shape index (κ2) is 29.0. The Bertz CT molecular complexity index is 5430. The summed E-state index contributed by atoms with van der Waals surface area (Å²) in [6.45, 7) is 0. The van der Waals surface area contributed by atoms with Crippen LogP contribution in [0.1, 0.15) is 0 Å². The first kappa shape index (κ1) is 63.4. The summed E-state index contributed by atoms with van der Waals surface area (Å²) in [4.78, 5) is 40.4. The van der Waals surface area contributed by atoms with E-state index >= 15 is 0 Å². The first-order valence-electron chi connectivity index (χ1n) is 34.8. The van der Waals surface area contributed by atoms with Gasteiger partial charge in [-0.15, -0.1) is 0 Å². The molecule has 0 aliphatic heterocycles. The Labute approximate surface area is 603 Å². The second-order valence-corrected chi connectivity index (χ2v) is 25.4. The number of nitrogens with zero attached hydrogens (tertiary/aromatic N) is 8. The molecule has 0 aliphatic carbocycles. The zero-order chi connectivity index (χ0) is 69.4. The number of pyridine rings is 2. The van der Waals surface area contributed by atoms with E-state index in [2.05, 4.69) is 243 Å². The molecule has 4 heterocycles. The van der Waals surface area contributed by atoms with Crippen LogP contribution >= 0.6 is 0 Å². The van der Waals surface area contributed by atoms with Crippen LogP contribution in [0.15, 0.2) is 388 Å². The van der Waals surface area contributed by atoms with Gasteiger partial charge in [-0.3, -0.25) is 0 Å². The third kappa shape index (κ3) is 13.7. The molecule has 488 valence electrons. The van der Waals surface area contributed by atoms with Crippen LogP contribution in [0.2, 0.25) is 0 Å². The first-order valence-corrected chi connectivity index (χ1v) is 34.8. The van der Waals surface area contributed by atoms with Crippen molar-refractivity contribution in [2.75, 3.05) is 0 Å². The lowest BCUT2D eigenvalue weighted by atomic mass is 9.94. The Morgan fingerprint density at radius 2 is 0.327 bits per heavy atom. The van der Waals surface area contributed by atoms with Gasteiger partial charge < -0.3 is 0 Å². The molecule has 0 saturated heterocycles. The van der Waals surface area contributed by atoms with Crippen molar-refractivity contribution in [2.45, 2.75) is 0 Å². The summed E-state index contributed by atoms with van der Waals surface area (Å²) < 4.78 is 0. The van der Waals surface area contributed by atoms with Crippen LogP contribution in [-0.4, -0.2) is 39.9 Å². The van der Waals surface area contributed by atoms with Crippen LogP contribution in [-0.2, 0) is 0 Å². The molecule has 0 aliphatic rings. The molecule has 104 heavy (non-hydrogen) atoms. The smallest absolute Gasteiger partial charge is 0.164 e. The Balaban J connectivity index is 0.000000154. The summed E-state index contributed by atoms with van der Waals surface area (Å²) in [5.41, 5.74) is 22.7. The van der Waals surface area contributed by atoms with E-state index < -0.39 is 0 Å². The molecule has 0 radical (unpaired) electrons. The van der Waals surface area contributed by atoms with Crippen molar-refractivity contribution >= 4 is 21.5 Å². The topological polar surface area (TPSA) is 103 Å². The molecule has 8 heteroatoms. The molecule has 8 nitrogen and oxygen atoms in total. The Morgan fingerprint density at radius 3 is 0.615 bits per heavy atom. The van der Waals surface area contributed by atoms with Gasteiger partial charge in [0, 0.05) is 55.6 Å². The van der Waals surface area contributed by atoms with Gasteiger partial charge in [-0.25, -0.2) is 39.9 Å². The first-order chi connectivity index (χ1) is 51.5. The predicted octanol–water partition coefficient (Wildman–Crippen LogP) is 24.2. The summed E-state index contributed by atoms with van der Waals surface area (Å²) in [7, 11) is 0. The number of hydrogen-bond donors (Lipinski definition) is 0. The number of hydrogen-bond acceptors (Lipinski definition) is 8. The van der Waals surface area contributed by atoms with Gasteiger partial charge in [0.2, 0.25) is 0 Å². The van der Waals surface area contributed by atoms with Crippen molar-refractivity contribution in [2.24, 2.45) is 0 Å². The second-order valence-electron chi connectivity index (χ2n) is 25.4. The average molecular weight is 1330 g/mol. The molecule has 14 aromatic carbocycles. The monoisotopic (exact) mass is 1330 g/mol. The molecule has 0 saturated carbocycles. The van der Waals surface area contributed by atoms with Gasteiger partial charge in [-0.2, -0.15) is 0 Å². The van der Waals surface area contributed by atoms with E-state index in [0.717, 1.165) is 144 Å². The molecule has 4 aromatic heterocycles. The third-order valence-corrected chi connectivity index (χ3v) is 18.6. The van der Waals surface area contributed by atoms with E-state index in [0.29, 0.717) is 34.9 Å².